The van der Waals surface area contributed by atoms with Crippen molar-refractivity contribution in [3.8, 4) is 0 Å². The lowest BCUT2D eigenvalue weighted by atomic mass is 10.1. The Balaban J connectivity index is 1.74. The number of nitrogens with one attached hydrogen (secondary N) is 3. The molecule has 180 valence electrons. The van der Waals surface area contributed by atoms with E-state index >= 15 is 0 Å². The third kappa shape index (κ3) is 6.46. The highest BCUT2D eigenvalue weighted by molar-refractivity contribution is 7.92. The fourth-order valence-electron chi connectivity index (χ4n) is 3.35. The Kier molecular flexibility index (Phi) is 8.08. The molecular formula is C24H28N4O5S. The van der Waals surface area contributed by atoms with Crippen LogP contribution in [-0.2, 0) is 21.3 Å². The van der Waals surface area contributed by atoms with E-state index in [4.69, 9.17) is 4.74 Å². The van der Waals surface area contributed by atoms with Gasteiger partial charge in [0, 0.05) is 32.0 Å². The van der Waals surface area contributed by atoms with Crippen LogP contribution in [0.2, 0.25) is 0 Å². The number of ether oxygens (including phenoxy) is 1. The quantitative estimate of drug-likeness (QED) is 0.205. The molecular weight excluding hydrogens is 456 g/mol. The van der Waals surface area contributed by atoms with Crippen LogP contribution in [0.1, 0.15) is 16.7 Å². The fourth-order valence-corrected chi connectivity index (χ4v) is 4.50. The number of nitro groups is 1. The molecule has 0 aromatic heterocycles. The van der Waals surface area contributed by atoms with E-state index in [-0.39, 0.29) is 16.3 Å². The number of sulfonamides is 1. The third-order valence-electron chi connectivity index (χ3n) is 5.17. The zero-order valence-corrected chi connectivity index (χ0v) is 20.1. The van der Waals surface area contributed by atoms with E-state index in [1.165, 1.54) is 12.1 Å². The van der Waals surface area contributed by atoms with Gasteiger partial charge in [-0.05, 0) is 55.3 Å². The predicted molar refractivity (Wildman–Crippen MR) is 134 cm³/mol. The van der Waals surface area contributed by atoms with Crippen LogP contribution >= 0.6 is 0 Å². The molecule has 0 heterocycles. The lowest BCUT2D eigenvalue weighted by Crippen LogP contribution is -2.14. The smallest absolute Gasteiger partial charge is 0.293 e. The molecule has 0 aliphatic heterocycles. The second kappa shape index (κ2) is 11.0. The van der Waals surface area contributed by atoms with Crippen LogP contribution in [0.5, 0.6) is 0 Å². The van der Waals surface area contributed by atoms with Crippen LogP contribution < -0.4 is 15.4 Å². The van der Waals surface area contributed by atoms with Crippen LogP contribution in [0.3, 0.4) is 0 Å². The number of methoxy groups -OCH3 is 1. The summed E-state index contributed by atoms with van der Waals surface area (Å²) in [4.78, 5) is 10.9. The molecule has 0 saturated heterocycles. The van der Waals surface area contributed by atoms with Crippen molar-refractivity contribution in [2.75, 3.05) is 35.6 Å². The standard InChI is InChI=1S/C24H28N4O5S/c1-17-4-10-22(18(2)14-17)27-34(31,32)21-9-11-23(24(15-21)28(29)30)26-16-19-5-7-20(8-6-19)25-12-13-33-3/h4-11,14-15,25-27H,12-13,16H2,1-3H3. The van der Waals surface area contributed by atoms with Crippen molar-refractivity contribution in [1.82, 2.24) is 0 Å². The van der Waals surface area contributed by atoms with Gasteiger partial charge in [0.15, 0.2) is 0 Å². The van der Waals surface area contributed by atoms with Crippen molar-refractivity contribution in [3.05, 3.63) is 87.5 Å². The van der Waals surface area contributed by atoms with Crippen LogP contribution in [0.25, 0.3) is 0 Å². The highest BCUT2D eigenvalue weighted by Gasteiger charge is 2.22. The van der Waals surface area contributed by atoms with Crippen molar-refractivity contribution in [2.24, 2.45) is 0 Å². The number of hydrogen-bond donors (Lipinski definition) is 3. The Labute approximate surface area is 199 Å². The van der Waals surface area contributed by atoms with Gasteiger partial charge in [0.05, 0.1) is 22.1 Å². The maximum absolute atomic E-state index is 12.9. The number of nitrogens with zero attached hydrogens (tertiary/aromatic N) is 1. The summed E-state index contributed by atoms with van der Waals surface area (Å²) in [6, 6.07) is 16.8. The zero-order chi connectivity index (χ0) is 24.7. The third-order valence-corrected chi connectivity index (χ3v) is 6.54. The Morgan fingerprint density at radius 3 is 2.29 bits per heavy atom. The maximum Gasteiger partial charge on any atom is 0.293 e. The van der Waals surface area contributed by atoms with Crippen molar-refractivity contribution < 1.29 is 18.1 Å². The number of anilines is 3. The Morgan fingerprint density at radius 1 is 0.941 bits per heavy atom. The largest absolute Gasteiger partial charge is 0.383 e. The van der Waals surface area contributed by atoms with E-state index in [1.807, 2.05) is 37.3 Å². The van der Waals surface area contributed by atoms with E-state index < -0.39 is 14.9 Å². The second-order valence-corrected chi connectivity index (χ2v) is 9.51. The Morgan fingerprint density at radius 2 is 1.65 bits per heavy atom. The summed E-state index contributed by atoms with van der Waals surface area (Å²) in [5.74, 6) is 0. The van der Waals surface area contributed by atoms with E-state index in [9.17, 15) is 18.5 Å². The molecule has 0 aliphatic carbocycles. The van der Waals surface area contributed by atoms with E-state index in [2.05, 4.69) is 15.4 Å². The average molecular weight is 485 g/mol. The Bertz CT molecular complexity index is 1260. The van der Waals surface area contributed by atoms with Crippen LogP contribution in [0.4, 0.5) is 22.7 Å². The first-order valence-electron chi connectivity index (χ1n) is 10.6. The molecule has 0 aliphatic rings. The molecule has 3 aromatic carbocycles. The molecule has 0 spiro atoms. The van der Waals surface area contributed by atoms with Gasteiger partial charge in [-0.25, -0.2) is 8.42 Å². The van der Waals surface area contributed by atoms with Crippen LogP contribution in [-0.4, -0.2) is 33.6 Å². The molecule has 0 bridgehead atoms. The summed E-state index contributed by atoms with van der Waals surface area (Å²) < 4.78 is 33.2. The zero-order valence-electron chi connectivity index (χ0n) is 19.3. The minimum Gasteiger partial charge on any atom is -0.383 e. The van der Waals surface area contributed by atoms with Crippen molar-refractivity contribution in [2.45, 2.75) is 25.3 Å². The predicted octanol–water partition coefficient (Wildman–Crippen LogP) is 4.68. The minimum atomic E-state index is -4.00. The molecule has 0 fully saturated rings. The summed E-state index contributed by atoms with van der Waals surface area (Å²) in [6.45, 7) is 5.33. The molecule has 10 heteroatoms. The SMILES string of the molecule is COCCNc1ccc(CNc2ccc(S(=O)(=O)Nc3ccc(C)cc3C)cc2[N+](=O)[O-])cc1. The van der Waals surface area contributed by atoms with Crippen molar-refractivity contribution in [1.29, 1.82) is 0 Å². The first-order chi connectivity index (χ1) is 16.2. The number of nitro benzene ring substituents is 1. The topological polar surface area (TPSA) is 123 Å². The van der Waals surface area contributed by atoms with E-state index in [0.717, 1.165) is 28.4 Å². The fraction of sp³-hybridized carbons (Fsp3) is 0.250. The highest BCUT2D eigenvalue weighted by atomic mass is 32.2. The van der Waals surface area contributed by atoms with Gasteiger partial charge in [0.25, 0.3) is 15.7 Å². The molecule has 0 atom stereocenters. The molecule has 3 rings (SSSR count). The summed E-state index contributed by atoms with van der Waals surface area (Å²) in [5.41, 5.74) is 3.96. The normalized spacial score (nSPS) is 11.1. The summed E-state index contributed by atoms with van der Waals surface area (Å²) in [5, 5.41) is 17.9. The molecule has 3 N–H and O–H groups in total. The molecule has 9 nitrogen and oxygen atoms in total. The Hall–Kier alpha value is -3.63. The van der Waals surface area contributed by atoms with Gasteiger partial charge in [-0.3, -0.25) is 14.8 Å². The van der Waals surface area contributed by atoms with Crippen molar-refractivity contribution in [3.63, 3.8) is 0 Å². The number of hydrogen-bond acceptors (Lipinski definition) is 7. The number of benzene rings is 3. The monoisotopic (exact) mass is 484 g/mol. The van der Waals surface area contributed by atoms with Gasteiger partial charge in [0.2, 0.25) is 0 Å². The molecule has 0 unspecified atom stereocenters. The first-order valence-corrected chi connectivity index (χ1v) is 12.1. The molecule has 0 amide bonds. The molecule has 0 saturated carbocycles. The minimum absolute atomic E-state index is 0.184. The summed E-state index contributed by atoms with van der Waals surface area (Å²) >= 11 is 0. The van der Waals surface area contributed by atoms with Crippen LogP contribution in [0, 0.1) is 24.0 Å². The maximum atomic E-state index is 12.9. The molecule has 3 aromatic rings. The van der Waals surface area contributed by atoms with E-state index in [0.29, 0.717) is 25.4 Å². The lowest BCUT2D eigenvalue weighted by molar-refractivity contribution is -0.384. The first kappa shape index (κ1) is 25.0. The van der Waals surface area contributed by atoms with Gasteiger partial charge >= 0.3 is 0 Å². The van der Waals surface area contributed by atoms with Gasteiger partial charge in [0.1, 0.15) is 5.69 Å². The van der Waals surface area contributed by atoms with Crippen LogP contribution in [0.15, 0.2) is 65.6 Å². The van der Waals surface area contributed by atoms with Gasteiger partial charge in [-0.1, -0.05) is 29.8 Å². The van der Waals surface area contributed by atoms with E-state index in [1.54, 1.807) is 26.2 Å². The average Bonchev–Trinajstić information content (AvgIpc) is 2.80. The number of aryl methyl sites for hydroxylation is 2. The molecule has 0 radical (unpaired) electrons. The van der Waals surface area contributed by atoms with Gasteiger partial charge in [-0.15, -0.1) is 0 Å². The summed E-state index contributed by atoms with van der Waals surface area (Å²) in [7, 11) is -2.36. The molecule has 34 heavy (non-hydrogen) atoms. The van der Waals surface area contributed by atoms with Gasteiger partial charge in [-0.2, -0.15) is 0 Å². The number of rotatable bonds is 11. The highest BCUT2D eigenvalue weighted by Crippen LogP contribution is 2.29. The van der Waals surface area contributed by atoms with Crippen molar-refractivity contribution >= 4 is 32.8 Å². The lowest BCUT2D eigenvalue weighted by Gasteiger charge is -2.13. The summed E-state index contributed by atoms with van der Waals surface area (Å²) in [6.07, 6.45) is 0. The second-order valence-electron chi connectivity index (χ2n) is 7.83. The van der Waals surface area contributed by atoms with Gasteiger partial charge < -0.3 is 15.4 Å².